The lowest BCUT2D eigenvalue weighted by Crippen LogP contribution is -2.56. The molecule has 2 aromatic rings. The number of benzene rings is 2. The molecule has 0 radical (unpaired) electrons. The smallest absolute Gasteiger partial charge is 0.311 e. The number of nitrogens with zero attached hydrogens (tertiary/aromatic N) is 3. The summed E-state index contributed by atoms with van der Waals surface area (Å²) in [5.41, 5.74) is 11.6. The van der Waals surface area contributed by atoms with Crippen LogP contribution in [0.2, 0.25) is 0 Å². The Morgan fingerprint density at radius 1 is 0.591 bits per heavy atom. The first-order valence-electron chi connectivity index (χ1n) is 24.9. The number of amides is 4. The molecule has 4 bridgehead atoms. The van der Waals surface area contributed by atoms with Crippen molar-refractivity contribution < 1.29 is 26.4 Å². The summed E-state index contributed by atoms with van der Waals surface area (Å²) in [5.74, 6) is 0. The van der Waals surface area contributed by atoms with Crippen molar-refractivity contribution in [1.29, 1.82) is 0 Å². The van der Waals surface area contributed by atoms with Crippen LogP contribution in [-0.2, 0) is 70.8 Å². The largest absolute Gasteiger partial charge is 0.333 e. The summed E-state index contributed by atoms with van der Waals surface area (Å²) in [4.78, 5) is 29.7. The van der Waals surface area contributed by atoms with Crippen molar-refractivity contribution in [3.05, 3.63) is 56.6 Å². The highest BCUT2D eigenvalue weighted by atomic mass is 35.7. The lowest BCUT2D eigenvalue weighted by molar-refractivity contribution is 0.112. The standard InChI is InChI=1S/C24H36N4O3S.C13H15ClN2O3S.C11H22N2.ClH/c1-3-27(4-2)20-14-18-11-12-19(15-20)28(18)32(30,31)26-24(29)25-23-21-9-5-7-16(21)13-17-8-6-10-22(17)23;14-20(18,19)16-13(17)15-12-10-5-1-3-8(10)7-9-4-2-6-11(9)12;1-3-13(4-2)11-7-9-5-6-10(8-11)12-9;/h13,18-20H,3-12,14-15H2,1-2H3,(H2,25,26,29);7H,1-6H2,(H2,15,16,17);9-12H,3-8H2,1-2H3;1H. The molecule has 4 aliphatic heterocycles. The fourth-order valence-electron chi connectivity index (χ4n) is 13.1. The van der Waals surface area contributed by atoms with Crippen molar-refractivity contribution in [3.63, 3.8) is 0 Å². The Labute approximate surface area is 405 Å². The van der Waals surface area contributed by atoms with E-state index in [-0.39, 0.29) is 24.5 Å². The molecular weight excluding hydrogens is 920 g/mol. The van der Waals surface area contributed by atoms with Gasteiger partial charge in [-0.05, 0) is 199 Å². The Balaban J connectivity index is 0.000000162. The molecule has 0 spiro atoms. The van der Waals surface area contributed by atoms with Gasteiger partial charge >= 0.3 is 31.5 Å². The number of carbonyl (C=O) groups is 2. The monoisotopic (exact) mass is 992 g/mol. The second-order valence-corrected chi connectivity index (χ2v) is 23.4. The average molecular weight is 994 g/mol. The van der Waals surface area contributed by atoms with Gasteiger partial charge in [0, 0.05) is 58.3 Å². The number of fused-ring (bicyclic) bond motifs is 8. The number of carbonyl (C=O) groups excluding carboxylic acids is 2. The molecule has 8 aliphatic rings. The van der Waals surface area contributed by atoms with Crippen molar-refractivity contribution in [1.82, 2.24) is 28.9 Å². The number of urea groups is 2. The summed E-state index contributed by atoms with van der Waals surface area (Å²) < 4.78 is 54.0. The van der Waals surface area contributed by atoms with Crippen LogP contribution in [0, 0.1) is 0 Å². The Morgan fingerprint density at radius 3 is 1.32 bits per heavy atom. The molecule has 4 aliphatic carbocycles. The van der Waals surface area contributed by atoms with Crippen molar-refractivity contribution in [2.45, 2.75) is 192 Å². The SMILES string of the molecule is CCN(CC)C1CC2CCC(C1)N2.CCN(CC)C1CC2CCC(C1)N2S(=O)(=O)NC(=O)Nc1c2c(cc3c1CCC3)CCC2.Cl.O=C(Nc1c2c(cc3c1CCC3)CCC2)NS(=O)(=O)Cl. The van der Waals surface area contributed by atoms with Gasteiger partial charge in [-0.15, -0.1) is 12.4 Å². The maximum absolute atomic E-state index is 13.3. The van der Waals surface area contributed by atoms with Gasteiger partial charge in [0.05, 0.1) is 0 Å². The van der Waals surface area contributed by atoms with E-state index in [0.717, 1.165) is 156 Å². The van der Waals surface area contributed by atoms with Crippen LogP contribution in [0.3, 0.4) is 0 Å². The number of halogens is 2. The molecule has 4 fully saturated rings. The van der Waals surface area contributed by atoms with E-state index in [1.165, 1.54) is 72.2 Å². The van der Waals surface area contributed by atoms with Crippen molar-refractivity contribution in [2.75, 3.05) is 36.8 Å². The van der Waals surface area contributed by atoms with Gasteiger partial charge in [-0.2, -0.15) is 21.1 Å². The summed E-state index contributed by atoms with van der Waals surface area (Å²) >= 11 is 0. The molecule has 10 rings (SSSR count). The van der Waals surface area contributed by atoms with Crippen molar-refractivity contribution in [2.24, 2.45) is 0 Å². The third-order valence-electron chi connectivity index (χ3n) is 15.9. The van der Waals surface area contributed by atoms with Crippen LogP contribution in [0.15, 0.2) is 12.1 Å². The Hall–Kier alpha value is -2.70. The van der Waals surface area contributed by atoms with Gasteiger partial charge in [0.15, 0.2) is 0 Å². The molecule has 4 amide bonds. The minimum absolute atomic E-state index is 0. The van der Waals surface area contributed by atoms with Gasteiger partial charge < -0.3 is 25.8 Å². The minimum atomic E-state index is -4.06. The molecule has 18 heteroatoms. The molecule has 14 nitrogen and oxygen atoms in total. The van der Waals surface area contributed by atoms with Gasteiger partial charge in [0.25, 0.3) is 0 Å². The molecule has 368 valence electrons. The first kappa shape index (κ1) is 51.2. The number of nitrogens with one attached hydrogen (secondary N) is 5. The molecule has 0 saturated carbocycles. The fraction of sp³-hybridized carbons (Fsp3) is 0.708. The van der Waals surface area contributed by atoms with Gasteiger partial charge in [0.1, 0.15) is 0 Å². The first-order valence-corrected chi connectivity index (χ1v) is 28.7. The predicted octanol–water partition coefficient (Wildman–Crippen LogP) is 7.67. The number of hydrogen-bond acceptors (Lipinski definition) is 9. The van der Waals surface area contributed by atoms with Crippen LogP contribution in [0.25, 0.3) is 0 Å². The third-order valence-corrected chi connectivity index (χ3v) is 18.1. The van der Waals surface area contributed by atoms with Gasteiger partial charge in [-0.25, -0.2) is 19.0 Å². The summed E-state index contributed by atoms with van der Waals surface area (Å²) in [5, 5.41) is 9.35. The number of hydrogen-bond donors (Lipinski definition) is 5. The van der Waals surface area contributed by atoms with E-state index in [0.29, 0.717) is 6.04 Å². The average Bonchev–Trinajstić information content (AvgIpc) is 4.13. The van der Waals surface area contributed by atoms with Crippen LogP contribution >= 0.6 is 23.1 Å². The molecular formula is C48H74Cl2N8O6S2. The van der Waals surface area contributed by atoms with Crippen LogP contribution in [0.5, 0.6) is 0 Å². The minimum Gasteiger partial charge on any atom is -0.311 e. The summed E-state index contributed by atoms with van der Waals surface area (Å²) in [6, 6.07) is 6.07. The third kappa shape index (κ3) is 11.5. The lowest BCUT2D eigenvalue weighted by atomic mass is 9.98. The van der Waals surface area contributed by atoms with Gasteiger partial charge in [0.2, 0.25) is 0 Å². The van der Waals surface area contributed by atoms with Crippen LogP contribution in [-0.4, -0.2) is 105 Å². The van der Waals surface area contributed by atoms with Crippen molar-refractivity contribution in [3.8, 4) is 0 Å². The van der Waals surface area contributed by atoms with Gasteiger partial charge in [-0.3, -0.25) is 0 Å². The molecule has 4 saturated heterocycles. The normalized spacial score (nSPS) is 25.7. The molecule has 5 N–H and O–H groups in total. The molecule has 2 aromatic carbocycles. The first-order chi connectivity index (χ1) is 31.2. The quantitative estimate of drug-likeness (QED) is 0.142. The number of piperidine rings is 2. The number of aryl methyl sites for hydroxylation is 4. The van der Waals surface area contributed by atoms with Crippen LogP contribution in [0.1, 0.15) is 149 Å². The van der Waals surface area contributed by atoms with E-state index in [2.05, 4.69) is 70.3 Å². The van der Waals surface area contributed by atoms with Crippen LogP contribution in [0.4, 0.5) is 21.0 Å². The molecule has 4 heterocycles. The zero-order chi connectivity index (χ0) is 46.0. The maximum Gasteiger partial charge on any atom is 0.333 e. The zero-order valence-corrected chi connectivity index (χ0v) is 42.7. The predicted molar refractivity (Wildman–Crippen MR) is 267 cm³/mol. The van der Waals surface area contributed by atoms with E-state index in [1.54, 1.807) is 9.03 Å². The summed E-state index contributed by atoms with van der Waals surface area (Å²) in [7, 11) is -2.91. The Bertz CT molecular complexity index is 2220. The number of rotatable bonds is 11. The van der Waals surface area contributed by atoms with E-state index >= 15 is 0 Å². The number of anilines is 2. The Morgan fingerprint density at radius 2 is 0.955 bits per heavy atom. The van der Waals surface area contributed by atoms with E-state index < -0.39 is 31.5 Å². The van der Waals surface area contributed by atoms with Gasteiger partial charge in [-0.1, -0.05) is 39.8 Å². The Kier molecular flexibility index (Phi) is 17.0. The highest BCUT2D eigenvalue weighted by Crippen LogP contribution is 2.42. The van der Waals surface area contributed by atoms with E-state index in [9.17, 15) is 26.4 Å². The topological polar surface area (TPSA) is 172 Å². The maximum atomic E-state index is 13.3. The molecule has 4 unspecified atom stereocenters. The van der Waals surface area contributed by atoms with Crippen molar-refractivity contribution >= 4 is 66.0 Å². The summed E-state index contributed by atoms with van der Waals surface area (Å²) in [6.07, 6.45) is 21.3. The highest BCUT2D eigenvalue weighted by molar-refractivity contribution is 8.12. The lowest BCUT2D eigenvalue weighted by Gasteiger charge is -2.41. The fourth-order valence-corrected chi connectivity index (χ4v) is 15.1. The molecule has 66 heavy (non-hydrogen) atoms. The zero-order valence-electron chi connectivity index (χ0n) is 39.5. The summed E-state index contributed by atoms with van der Waals surface area (Å²) in [6.45, 7) is 13.3. The van der Waals surface area contributed by atoms with E-state index in [4.69, 9.17) is 10.7 Å². The second kappa shape index (κ2) is 21.9. The second-order valence-electron chi connectivity index (χ2n) is 19.6. The highest BCUT2D eigenvalue weighted by Gasteiger charge is 2.48. The van der Waals surface area contributed by atoms with E-state index in [1.807, 2.05) is 0 Å². The molecule has 0 aromatic heterocycles. The van der Waals surface area contributed by atoms with Crippen LogP contribution < -0.4 is 25.4 Å². The molecule has 4 atom stereocenters.